The van der Waals surface area contributed by atoms with Crippen LogP contribution in [0.3, 0.4) is 0 Å². The van der Waals surface area contributed by atoms with Crippen molar-refractivity contribution in [3.63, 3.8) is 0 Å². The molecule has 0 saturated carbocycles. The first-order valence-corrected chi connectivity index (χ1v) is 6.61. The summed E-state index contributed by atoms with van der Waals surface area (Å²) < 4.78 is 0. The molecule has 2 fully saturated rings. The first-order chi connectivity index (χ1) is 7.86. The molecule has 4 nitrogen and oxygen atoms in total. The molecule has 92 valence electrons. The second-order valence-corrected chi connectivity index (χ2v) is 4.88. The Balaban J connectivity index is 1.83. The molecule has 0 aromatic heterocycles. The lowest BCUT2D eigenvalue weighted by atomic mass is 10.1. The zero-order valence-electron chi connectivity index (χ0n) is 9.93. The van der Waals surface area contributed by atoms with Crippen molar-refractivity contribution >= 4 is 5.91 Å². The standard InChI is InChI=1S/C12H23N3O/c16-12-11(5-1-2-8-14-12)15-10-4-3-7-13-9-6-10/h10-11,13,15H,1-9H2,(H,14,16). The molecule has 2 aliphatic rings. The lowest BCUT2D eigenvalue weighted by Crippen LogP contribution is -2.47. The molecule has 3 N–H and O–H groups in total. The van der Waals surface area contributed by atoms with Crippen molar-refractivity contribution in [3.8, 4) is 0 Å². The van der Waals surface area contributed by atoms with Crippen molar-refractivity contribution in [1.82, 2.24) is 16.0 Å². The Morgan fingerprint density at radius 3 is 2.88 bits per heavy atom. The molecule has 2 atom stereocenters. The van der Waals surface area contributed by atoms with Crippen molar-refractivity contribution < 1.29 is 4.79 Å². The zero-order chi connectivity index (χ0) is 11.2. The molecular weight excluding hydrogens is 202 g/mol. The molecule has 2 aliphatic heterocycles. The highest BCUT2D eigenvalue weighted by Gasteiger charge is 2.23. The normalized spacial score (nSPS) is 32.6. The molecule has 16 heavy (non-hydrogen) atoms. The van der Waals surface area contributed by atoms with E-state index in [9.17, 15) is 4.79 Å². The minimum atomic E-state index is 0.0469. The van der Waals surface area contributed by atoms with E-state index in [-0.39, 0.29) is 11.9 Å². The van der Waals surface area contributed by atoms with Crippen LogP contribution in [-0.4, -0.2) is 37.6 Å². The first-order valence-electron chi connectivity index (χ1n) is 6.61. The van der Waals surface area contributed by atoms with Crippen LogP contribution in [0.4, 0.5) is 0 Å². The Labute approximate surface area is 97.6 Å². The number of nitrogens with one attached hydrogen (secondary N) is 3. The van der Waals surface area contributed by atoms with E-state index in [4.69, 9.17) is 0 Å². The third-order valence-corrected chi connectivity index (χ3v) is 3.55. The van der Waals surface area contributed by atoms with Crippen LogP contribution in [0.5, 0.6) is 0 Å². The fourth-order valence-electron chi connectivity index (χ4n) is 2.57. The number of rotatable bonds is 2. The SMILES string of the molecule is O=C1NCCCCC1NC1CCCNCC1. The van der Waals surface area contributed by atoms with Crippen LogP contribution in [0.2, 0.25) is 0 Å². The van der Waals surface area contributed by atoms with E-state index in [2.05, 4.69) is 16.0 Å². The van der Waals surface area contributed by atoms with Crippen LogP contribution in [0.25, 0.3) is 0 Å². The number of amides is 1. The summed E-state index contributed by atoms with van der Waals surface area (Å²) >= 11 is 0. The molecule has 0 bridgehead atoms. The summed E-state index contributed by atoms with van der Waals surface area (Å²) in [5.74, 6) is 0.203. The van der Waals surface area contributed by atoms with Crippen LogP contribution >= 0.6 is 0 Å². The van der Waals surface area contributed by atoms with Gasteiger partial charge in [-0.2, -0.15) is 0 Å². The molecule has 4 heteroatoms. The van der Waals surface area contributed by atoms with Gasteiger partial charge in [0.15, 0.2) is 0 Å². The van der Waals surface area contributed by atoms with Crippen LogP contribution < -0.4 is 16.0 Å². The van der Waals surface area contributed by atoms with Gasteiger partial charge in [-0.05, 0) is 51.6 Å². The molecule has 0 radical (unpaired) electrons. The van der Waals surface area contributed by atoms with Crippen LogP contribution in [0.1, 0.15) is 38.5 Å². The Hall–Kier alpha value is -0.610. The van der Waals surface area contributed by atoms with E-state index in [0.29, 0.717) is 6.04 Å². The highest BCUT2D eigenvalue weighted by Crippen LogP contribution is 2.10. The molecule has 0 aromatic rings. The van der Waals surface area contributed by atoms with E-state index in [1.807, 2.05) is 0 Å². The van der Waals surface area contributed by atoms with Crippen molar-refractivity contribution in [3.05, 3.63) is 0 Å². The monoisotopic (exact) mass is 225 g/mol. The van der Waals surface area contributed by atoms with Gasteiger partial charge < -0.3 is 16.0 Å². The summed E-state index contributed by atoms with van der Waals surface area (Å²) in [7, 11) is 0. The molecule has 2 saturated heterocycles. The smallest absolute Gasteiger partial charge is 0.237 e. The quantitative estimate of drug-likeness (QED) is 0.637. The molecule has 0 spiro atoms. The Kier molecular flexibility index (Phi) is 4.60. The molecular formula is C12H23N3O. The lowest BCUT2D eigenvalue weighted by molar-refractivity contribution is -0.123. The van der Waals surface area contributed by atoms with Crippen molar-refractivity contribution in [2.24, 2.45) is 0 Å². The molecule has 0 aliphatic carbocycles. The number of carbonyl (C=O) groups is 1. The second-order valence-electron chi connectivity index (χ2n) is 4.88. The summed E-state index contributed by atoms with van der Waals surface area (Å²) in [5, 5.41) is 9.92. The van der Waals surface area contributed by atoms with E-state index in [1.54, 1.807) is 0 Å². The minimum absolute atomic E-state index is 0.0469. The Morgan fingerprint density at radius 1 is 1.00 bits per heavy atom. The number of carbonyl (C=O) groups excluding carboxylic acids is 1. The van der Waals surface area contributed by atoms with Gasteiger partial charge in [-0.1, -0.05) is 0 Å². The van der Waals surface area contributed by atoms with E-state index in [0.717, 1.165) is 45.3 Å². The van der Waals surface area contributed by atoms with Gasteiger partial charge >= 0.3 is 0 Å². The molecule has 2 unspecified atom stereocenters. The van der Waals surface area contributed by atoms with Crippen LogP contribution in [-0.2, 0) is 4.79 Å². The topological polar surface area (TPSA) is 53.2 Å². The highest BCUT2D eigenvalue weighted by atomic mass is 16.2. The van der Waals surface area contributed by atoms with E-state index >= 15 is 0 Å². The van der Waals surface area contributed by atoms with Crippen molar-refractivity contribution in [1.29, 1.82) is 0 Å². The first kappa shape index (κ1) is 11.9. The van der Waals surface area contributed by atoms with E-state index in [1.165, 1.54) is 12.8 Å². The summed E-state index contributed by atoms with van der Waals surface area (Å²) in [6, 6.07) is 0.564. The van der Waals surface area contributed by atoms with Gasteiger partial charge in [0.1, 0.15) is 0 Å². The van der Waals surface area contributed by atoms with Crippen molar-refractivity contribution in [2.45, 2.75) is 50.6 Å². The predicted octanol–water partition coefficient (Wildman–Crippen LogP) is 0.387. The zero-order valence-corrected chi connectivity index (χ0v) is 9.93. The number of hydrogen-bond acceptors (Lipinski definition) is 3. The molecule has 1 amide bonds. The number of hydrogen-bond donors (Lipinski definition) is 3. The molecule has 0 aromatic carbocycles. The molecule has 2 heterocycles. The third-order valence-electron chi connectivity index (χ3n) is 3.55. The van der Waals surface area contributed by atoms with Crippen LogP contribution in [0.15, 0.2) is 0 Å². The van der Waals surface area contributed by atoms with Gasteiger partial charge in [-0.25, -0.2) is 0 Å². The maximum atomic E-state index is 11.8. The average molecular weight is 225 g/mol. The largest absolute Gasteiger partial charge is 0.355 e. The average Bonchev–Trinajstić information content (AvgIpc) is 2.64. The van der Waals surface area contributed by atoms with Gasteiger partial charge in [0.2, 0.25) is 5.91 Å². The fourth-order valence-corrected chi connectivity index (χ4v) is 2.57. The van der Waals surface area contributed by atoms with Gasteiger partial charge in [0, 0.05) is 12.6 Å². The summed E-state index contributed by atoms with van der Waals surface area (Å²) in [6.07, 6.45) is 6.82. The van der Waals surface area contributed by atoms with Gasteiger partial charge in [-0.15, -0.1) is 0 Å². The second kappa shape index (κ2) is 6.21. The van der Waals surface area contributed by atoms with Gasteiger partial charge in [-0.3, -0.25) is 4.79 Å². The predicted molar refractivity (Wildman–Crippen MR) is 64.3 cm³/mol. The Morgan fingerprint density at radius 2 is 1.94 bits per heavy atom. The fraction of sp³-hybridized carbons (Fsp3) is 0.917. The maximum Gasteiger partial charge on any atom is 0.237 e. The minimum Gasteiger partial charge on any atom is -0.355 e. The third kappa shape index (κ3) is 3.46. The van der Waals surface area contributed by atoms with Gasteiger partial charge in [0.25, 0.3) is 0 Å². The van der Waals surface area contributed by atoms with Gasteiger partial charge in [0.05, 0.1) is 6.04 Å². The lowest BCUT2D eigenvalue weighted by Gasteiger charge is -2.22. The highest BCUT2D eigenvalue weighted by molar-refractivity contribution is 5.81. The summed E-state index contributed by atoms with van der Waals surface area (Å²) in [4.78, 5) is 11.8. The van der Waals surface area contributed by atoms with Crippen molar-refractivity contribution in [2.75, 3.05) is 19.6 Å². The Bertz CT molecular complexity index is 224. The van der Waals surface area contributed by atoms with Crippen LogP contribution in [0, 0.1) is 0 Å². The molecule has 2 rings (SSSR count). The summed E-state index contributed by atoms with van der Waals surface area (Å²) in [5.41, 5.74) is 0. The van der Waals surface area contributed by atoms with E-state index < -0.39 is 0 Å². The summed E-state index contributed by atoms with van der Waals surface area (Å²) in [6.45, 7) is 3.05. The maximum absolute atomic E-state index is 11.8.